The second kappa shape index (κ2) is 8.33. The summed E-state index contributed by atoms with van der Waals surface area (Å²) in [5, 5.41) is 2.01. The molecule has 0 spiro atoms. The summed E-state index contributed by atoms with van der Waals surface area (Å²) in [4.78, 5) is 19.8. The van der Waals surface area contributed by atoms with Crippen LogP contribution in [-0.2, 0) is 29.2 Å². The summed E-state index contributed by atoms with van der Waals surface area (Å²) in [6.07, 6.45) is 9.07. The SMILES string of the molecule is O=C(/C=C/c1cccs1)N1Cc2cccn2C[C@@H](OCc2cccnc2)C1. The molecule has 1 amide bonds. The highest BCUT2D eigenvalue weighted by Crippen LogP contribution is 2.18. The Balaban J connectivity index is 1.47. The van der Waals surface area contributed by atoms with E-state index in [0.29, 0.717) is 19.7 Å². The summed E-state index contributed by atoms with van der Waals surface area (Å²) in [5.41, 5.74) is 2.16. The number of carbonyl (C=O) groups excluding carboxylic acids is 1. The van der Waals surface area contributed by atoms with Gasteiger partial charge in [0.1, 0.15) is 0 Å². The number of fused-ring (bicyclic) bond motifs is 1. The van der Waals surface area contributed by atoms with Crippen LogP contribution in [0.3, 0.4) is 0 Å². The van der Waals surface area contributed by atoms with Gasteiger partial charge in [-0.3, -0.25) is 9.78 Å². The quantitative estimate of drug-likeness (QED) is 0.637. The fourth-order valence-corrected chi connectivity index (χ4v) is 3.79. The molecule has 5 nitrogen and oxygen atoms in total. The van der Waals surface area contributed by atoms with E-state index in [1.807, 2.05) is 59.1 Å². The van der Waals surface area contributed by atoms with Crippen molar-refractivity contribution in [2.75, 3.05) is 6.54 Å². The number of aromatic nitrogens is 2. The fraction of sp³-hybridized carbons (Fsp3) is 0.238. The van der Waals surface area contributed by atoms with E-state index >= 15 is 0 Å². The zero-order valence-electron chi connectivity index (χ0n) is 14.9. The van der Waals surface area contributed by atoms with Gasteiger partial charge >= 0.3 is 0 Å². The van der Waals surface area contributed by atoms with Crippen LogP contribution in [-0.4, -0.2) is 33.0 Å². The first-order valence-corrected chi connectivity index (χ1v) is 9.81. The molecule has 4 rings (SSSR count). The molecule has 6 heteroatoms. The van der Waals surface area contributed by atoms with Gasteiger partial charge in [-0.15, -0.1) is 11.3 Å². The molecule has 138 valence electrons. The molecule has 0 saturated heterocycles. The molecule has 4 heterocycles. The largest absolute Gasteiger partial charge is 0.370 e. The van der Waals surface area contributed by atoms with E-state index in [9.17, 15) is 4.79 Å². The van der Waals surface area contributed by atoms with Gasteiger partial charge in [-0.05, 0) is 41.3 Å². The molecule has 0 aliphatic carbocycles. The summed E-state index contributed by atoms with van der Waals surface area (Å²) in [7, 11) is 0. The number of amides is 1. The Labute approximate surface area is 162 Å². The molecular weight excluding hydrogens is 358 g/mol. The number of rotatable bonds is 5. The van der Waals surface area contributed by atoms with Crippen LogP contribution in [0, 0.1) is 0 Å². The van der Waals surface area contributed by atoms with Gasteiger partial charge in [-0.2, -0.15) is 0 Å². The van der Waals surface area contributed by atoms with E-state index in [0.717, 1.165) is 22.7 Å². The highest BCUT2D eigenvalue weighted by molar-refractivity contribution is 7.10. The predicted octanol–water partition coefficient (Wildman–Crippen LogP) is 3.59. The molecule has 0 unspecified atom stereocenters. The normalized spacial score (nSPS) is 17.0. The lowest BCUT2D eigenvalue weighted by Gasteiger charge is -2.23. The van der Waals surface area contributed by atoms with E-state index < -0.39 is 0 Å². The molecule has 0 saturated carbocycles. The van der Waals surface area contributed by atoms with Crippen LogP contribution in [0.25, 0.3) is 6.08 Å². The summed E-state index contributed by atoms with van der Waals surface area (Å²) in [5.74, 6) is 0.00743. The van der Waals surface area contributed by atoms with Crippen LogP contribution in [0.4, 0.5) is 0 Å². The molecular formula is C21H21N3O2S. The molecule has 1 atom stereocenters. The molecule has 1 aliphatic heterocycles. The predicted molar refractivity (Wildman–Crippen MR) is 106 cm³/mol. The Morgan fingerprint density at radius 3 is 3.04 bits per heavy atom. The van der Waals surface area contributed by atoms with Crippen LogP contribution in [0.2, 0.25) is 0 Å². The number of nitrogens with zero attached hydrogens (tertiary/aromatic N) is 3. The zero-order chi connectivity index (χ0) is 18.5. The monoisotopic (exact) mass is 379 g/mol. The van der Waals surface area contributed by atoms with Gasteiger partial charge in [0.15, 0.2) is 0 Å². The van der Waals surface area contributed by atoms with Crippen molar-refractivity contribution in [2.24, 2.45) is 0 Å². The molecule has 1 aliphatic rings. The van der Waals surface area contributed by atoms with Gasteiger partial charge in [-0.1, -0.05) is 12.1 Å². The Hall–Kier alpha value is -2.70. The molecule has 0 aromatic carbocycles. The van der Waals surface area contributed by atoms with Crippen molar-refractivity contribution in [1.29, 1.82) is 0 Å². The number of ether oxygens (including phenoxy) is 1. The Morgan fingerprint density at radius 1 is 1.26 bits per heavy atom. The van der Waals surface area contributed by atoms with E-state index in [4.69, 9.17) is 4.74 Å². The lowest BCUT2D eigenvalue weighted by atomic mass is 10.2. The topological polar surface area (TPSA) is 47.4 Å². The number of hydrogen-bond acceptors (Lipinski definition) is 4. The van der Waals surface area contributed by atoms with Gasteiger partial charge in [0.2, 0.25) is 5.91 Å². The third-order valence-corrected chi connectivity index (χ3v) is 5.39. The highest BCUT2D eigenvalue weighted by Gasteiger charge is 2.24. The van der Waals surface area contributed by atoms with Gasteiger partial charge < -0.3 is 14.2 Å². The summed E-state index contributed by atoms with van der Waals surface area (Å²) in [6.45, 7) is 2.38. The van der Waals surface area contributed by atoms with E-state index in [1.54, 1.807) is 23.6 Å². The van der Waals surface area contributed by atoms with Crippen molar-refractivity contribution in [2.45, 2.75) is 25.8 Å². The van der Waals surface area contributed by atoms with Crippen LogP contribution in [0.5, 0.6) is 0 Å². The van der Waals surface area contributed by atoms with E-state index in [-0.39, 0.29) is 12.0 Å². The lowest BCUT2D eigenvalue weighted by molar-refractivity contribution is -0.128. The summed E-state index contributed by atoms with van der Waals surface area (Å²) < 4.78 is 8.30. The molecule has 3 aromatic rings. The maximum atomic E-state index is 12.8. The second-order valence-corrected chi connectivity index (χ2v) is 7.49. The Morgan fingerprint density at radius 2 is 2.22 bits per heavy atom. The first-order valence-electron chi connectivity index (χ1n) is 8.93. The fourth-order valence-electron chi connectivity index (χ4n) is 3.17. The minimum Gasteiger partial charge on any atom is -0.370 e. The lowest BCUT2D eigenvalue weighted by Crippen LogP contribution is -2.36. The van der Waals surface area contributed by atoms with Crippen LogP contribution in [0.1, 0.15) is 16.1 Å². The van der Waals surface area contributed by atoms with E-state index in [1.165, 1.54) is 0 Å². The van der Waals surface area contributed by atoms with Gasteiger partial charge in [-0.25, -0.2) is 0 Å². The average molecular weight is 379 g/mol. The molecule has 27 heavy (non-hydrogen) atoms. The van der Waals surface area contributed by atoms with Crippen molar-refractivity contribution >= 4 is 23.3 Å². The van der Waals surface area contributed by atoms with Crippen LogP contribution < -0.4 is 0 Å². The molecule has 0 fully saturated rings. The standard InChI is InChI=1S/C21H21N3O2S/c25-21(8-7-20-6-3-11-27-20)24-13-18-5-2-10-23(18)14-19(15-24)26-16-17-4-1-9-22-12-17/h1-12,19H,13-16H2/b8-7+/t19-/m1/s1. The molecule has 0 N–H and O–H groups in total. The summed E-state index contributed by atoms with van der Waals surface area (Å²) >= 11 is 1.62. The van der Waals surface area contributed by atoms with Gasteiger partial charge in [0.05, 0.1) is 25.8 Å². The highest BCUT2D eigenvalue weighted by atomic mass is 32.1. The smallest absolute Gasteiger partial charge is 0.247 e. The number of pyridine rings is 1. The molecule has 0 radical (unpaired) electrons. The second-order valence-electron chi connectivity index (χ2n) is 6.51. The van der Waals surface area contributed by atoms with Crippen LogP contribution in [0.15, 0.2) is 66.4 Å². The maximum absolute atomic E-state index is 12.8. The summed E-state index contributed by atoms with van der Waals surface area (Å²) in [6, 6.07) is 12.0. The third kappa shape index (κ3) is 4.53. The van der Waals surface area contributed by atoms with Crippen molar-refractivity contribution in [3.8, 4) is 0 Å². The number of carbonyl (C=O) groups is 1. The van der Waals surface area contributed by atoms with Crippen LogP contribution >= 0.6 is 11.3 Å². The van der Waals surface area contributed by atoms with E-state index in [2.05, 4.69) is 15.6 Å². The van der Waals surface area contributed by atoms with Crippen molar-refractivity contribution in [1.82, 2.24) is 14.5 Å². The minimum absolute atomic E-state index is 0.00743. The molecule has 0 bridgehead atoms. The average Bonchev–Trinajstić information content (AvgIpc) is 3.34. The zero-order valence-corrected chi connectivity index (χ0v) is 15.7. The van der Waals surface area contributed by atoms with Crippen molar-refractivity contribution in [3.63, 3.8) is 0 Å². The third-order valence-electron chi connectivity index (χ3n) is 4.55. The first-order chi connectivity index (χ1) is 13.3. The minimum atomic E-state index is -0.0713. The maximum Gasteiger partial charge on any atom is 0.247 e. The van der Waals surface area contributed by atoms with Gasteiger partial charge in [0, 0.05) is 41.8 Å². The van der Waals surface area contributed by atoms with Crippen molar-refractivity contribution in [3.05, 3.63) is 82.6 Å². The Kier molecular flexibility index (Phi) is 5.46. The molecule has 3 aromatic heterocycles. The number of hydrogen-bond donors (Lipinski definition) is 0. The van der Waals surface area contributed by atoms with Crippen molar-refractivity contribution < 1.29 is 9.53 Å². The van der Waals surface area contributed by atoms with Gasteiger partial charge in [0.25, 0.3) is 0 Å². The Bertz CT molecular complexity index is 903. The first kappa shape index (κ1) is 17.7. The number of thiophene rings is 1.